The molecule has 0 bridgehead atoms. The minimum Gasteiger partial charge on any atom is -0.309 e. The zero-order valence-electron chi connectivity index (χ0n) is 20.8. The van der Waals surface area contributed by atoms with Gasteiger partial charge < -0.3 is 5.43 Å². The molecule has 184 valence electrons. The van der Waals surface area contributed by atoms with E-state index in [0.29, 0.717) is 0 Å². The molecule has 0 saturated carbocycles. The number of nitrogens with one attached hydrogen (secondary N) is 1. The molecule has 1 aromatic heterocycles. The van der Waals surface area contributed by atoms with Crippen molar-refractivity contribution in [2.24, 2.45) is 0 Å². The van der Waals surface area contributed by atoms with Crippen LogP contribution in [0.1, 0.15) is 0 Å². The number of benzene rings is 5. The largest absolute Gasteiger partial charge is 0.309 e. The fourth-order valence-electron chi connectivity index (χ4n) is 4.50. The number of anilines is 1. The second-order valence-corrected chi connectivity index (χ2v) is 13.2. The molecule has 3 nitrogen and oxygen atoms in total. The van der Waals surface area contributed by atoms with Crippen molar-refractivity contribution in [1.82, 2.24) is 9.53 Å². The zero-order valence-corrected chi connectivity index (χ0v) is 22.6. The average Bonchev–Trinajstić information content (AvgIpc) is 3.00. The number of rotatable bonds is 8. The van der Waals surface area contributed by atoms with E-state index in [4.69, 9.17) is 4.98 Å². The lowest BCUT2D eigenvalue weighted by atomic mass is 10.2. The van der Waals surface area contributed by atoms with Crippen molar-refractivity contribution in [2.75, 3.05) is 5.43 Å². The van der Waals surface area contributed by atoms with E-state index in [1.807, 2.05) is 12.3 Å². The summed E-state index contributed by atoms with van der Waals surface area (Å²) in [5.74, 6) is 0. The molecule has 0 spiro atoms. The molecule has 6 aromatic rings. The smallest absolute Gasteiger partial charge is 0.0946 e. The zero-order chi connectivity index (χ0) is 25.6. The van der Waals surface area contributed by atoms with Gasteiger partial charge in [0.25, 0.3) is 0 Å². The number of hydrogen-bond acceptors (Lipinski definition) is 3. The third-order valence-corrected chi connectivity index (χ3v) is 11.4. The third-order valence-electron chi connectivity index (χ3n) is 6.24. The summed E-state index contributed by atoms with van der Waals surface area (Å²) in [6.07, 6.45) is 1.87. The Kier molecular flexibility index (Phi) is 7.52. The highest BCUT2D eigenvalue weighted by Gasteiger charge is 2.32. The van der Waals surface area contributed by atoms with Crippen LogP contribution in [0, 0.1) is 0 Å². The van der Waals surface area contributed by atoms with Gasteiger partial charge in [-0.05, 0) is 33.4 Å². The van der Waals surface area contributed by atoms with Gasteiger partial charge in [-0.2, -0.15) is 4.55 Å². The lowest BCUT2D eigenvalue weighted by molar-refractivity contribution is 0.882. The molecule has 0 fully saturated rings. The van der Waals surface area contributed by atoms with Crippen LogP contribution in [0.3, 0.4) is 0 Å². The number of nitrogens with zero attached hydrogens (tertiary/aromatic N) is 2. The van der Waals surface area contributed by atoms with Crippen molar-refractivity contribution in [3.05, 3.63) is 158 Å². The van der Waals surface area contributed by atoms with Crippen molar-refractivity contribution >= 4 is 54.0 Å². The van der Waals surface area contributed by atoms with Crippen LogP contribution in [0.2, 0.25) is 0 Å². The highest BCUT2D eigenvalue weighted by atomic mass is 31.2. The fraction of sp³-hybridized carbons (Fsp3) is 0. The number of fused-ring (bicyclic) bond motifs is 1. The Bertz CT molecular complexity index is 1430. The quantitative estimate of drug-likeness (QED) is 0.171. The van der Waals surface area contributed by atoms with E-state index in [0.717, 1.165) is 16.6 Å². The van der Waals surface area contributed by atoms with Gasteiger partial charge in [-0.1, -0.05) is 140 Å². The van der Waals surface area contributed by atoms with Crippen molar-refractivity contribution in [3.63, 3.8) is 0 Å². The molecule has 0 saturated heterocycles. The van der Waals surface area contributed by atoms with Gasteiger partial charge >= 0.3 is 0 Å². The standard InChI is InChI=1S/C33H27N3P2/c1-5-17-28(18-6-1)37(29-19-7-2-8-20-29)36(35-32-25-13-15-27-16-14-26-34-33(27)32)38(30-21-9-3-10-22-30)31-23-11-4-12-24-31/h1-26,35H. The maximum atomic E-state index is 4.77. The molecular formula is C33H27N3P2. The Labute approximate surface area is 226 Å². The summed E-state index contributed by atoms with van der Waals surface area (Å²) in [6.45, 7) is 0. The van der Waals surface area contributed by atoms with Crippen molar-refractivity contribution in [1.29, 1.82) is 0 Å². The summed E-state index contributed by atoms with van der Waals surface area (Å²) in [6, 6.07) is 53.9. The first-order valence-electron chi connectivity index (χ1n) is 12.6. The van der Waals surface area contributed by atoms with E-state index in [2.05, 4.69) is 156 Å². The van der Waals surface area contributed by atoms with E-state index in [-0.39, 0.29) is 0 Å². The summed E-state index contributed by atoms with van der Waals surface area (Å²) >= 11 is 0. The summed E-state index contributed by atoms with van der Waals surface area (Å²) < 4.78 is 2.52. The van der Waals surface area contributed by atoms with E-state index >= 15 is 0 Å². The molecule has 5 heteroatoms. The predicted octanol–water partition coefficient (Wildman–Crippen LogP) is 6.96. The molecule has 0 aliphatic heterocycles. The fourth-order valence-corrected chi connectivity index (χ4v) is 10.2. The van der Waals surface area contributed by atoms with Gasteiger partial charge in [0.15, 0.2) is 0 Å². The minimum absolute atomic E-state index is 0.957. The van der Waals surface area contributed by atoms with Gasteiger partial charge in [0, 0.05) is 11.6 Å². The summed E-state index contributed by atoms with van der Waals surface area (Å²) in [4.78, 5) is 4.77. The molecule has 0 atom stereocenters. The van der Waals surface area contributed by atoms with E-state index in [1.165, 1.54) is 21.2 Å². The van der Waals surface area contributed by atoms with E-state index in [1.54, 1.807) is 0 Å². The number of pyridine rings is 1. The molecule has 5 aromatic carbocycles. The number of aromatic nitrogens is 1. The summed E-state index contributed by atoms with van der Waals surface area (Å²) in [7, 11) is -1.91. The van der Waals surface area contributed by atoms with Gasteiger partial charge in [-0.15, -0.1) is 0 Å². The van der Waals surface area contributed by atoms with E-state index in [9.17, 15) is 0 Å². The molecular weight excluding hydrogens is 500 g/mol. The van der Waals surface area contributed by atoms with Crippen LogP contribution in [-0.2, 0) is 0 Å². The number of para-hydroxylation sites is 1. The molecule has 6 rings (SSSR count). The first-order valence-corrected chi connectivity index (χ1v) is 15.2. The Balaban J connectivity index is 1.60. The Morgan fingerprint density at radius 2 is 0.868 bits per heavy atom. The highest BCUT2D eigenvalue weighted by molar-refractivity contribution is 7.84. The Morgan fingerprint density at radius 3 is 1.32 bits per heavy atom. The van der Waals surface area contributed by atoms with Gasteiger partial charge in [0.05, 0.1) is 27.3 Å². The normalized spacial score (nSPS) is 11.3. The lowest BCUT2D eigenvalue weighted by Gasteiger charge is -2.39. The van der Waals surface area contributed by atoms with Gasteiger partial charge in [-0.25, -0.2) is 0 Å². The van der Waals surface area contributed by atoms with Crippen molar-refractivity contribution < 1.29 is 0 Å². The topological polar surface area (TPSA) is 28.2 Å². The Hall–Kier alpha value is -3.87. The maximum Gasteiger partial charge on any atom is 0.0946 e. The van der Waals surface area contributed by atoms with Crippen molar-refractivity contribution in [3.8, 4) is 0 Å². The number of hydrogen-bond donors (Lipinski definition) is 1. The van der Waals surface area contributed by atoms with Crippen molar-refractivity contribution in [2.45, 2.75) is 0 Å². The maximum absolute atomic E-state index is 4.77. The minimum atomic E-state index is -0.957. The van der Waals surface area contributed by atoms with Gasteiger partial charge in [-0.3, -0.25) is 4.98 Å². The molecule has 0 unspecified atom stereocenters. The van der Waals surface area contributed by atoms with Crippen LogP contribution >= 0.6 is 16.1 Å². The van der Waals surface area contributed by atoms with Crippen LogP contribution in [0.25, 0.3) is 10.9 Å². The molecule has 0 aliphatic carbocycles. The first kappa shape index (κ1) is 24.5. The van der Waals surface area contributed by atoms with Crippen LogP contribution in [0.15, 0.2) is 158 Å². The van der Waals surface area contributed by atoms with E-state index < -0.39 is 16.1 Å². The Morgan fingerprint density at radius 1 is 0.447 bits per heavy atom. The number of hydrazine groups is 1. The second-order valence-electron chi connectivity index (χ2n) is 8.75. The van der Waals surface area contributed by atoms with Gasteiger partial charge in [0.1, 0.15) is 0 Å². The SMILES string of the molecule is c1ccc(P(c2ccccc2)N(Nc2cccc3cccnc23)P(c2ccccc2)c2ccccc2)cc1. The summed E-state index contributed by atoms with van der Waals surface area (Å²) in [5.41, 5.74) is 5.91. The van der Waals surface area contributed by atoms with Crippen LogP contribution in [-0.4, -0.2) is 9.53 Å². The average molecular weight is 528 g/mol. The lowest BCUT2D eigenvalue weighted by Crippen LogP contribution is -2.35. The second kappa shape index (κ2) is 11.7. The van der Waals surface area contributed by atoms with Gasteiger partial charge in [0.2, 0.25) is 0 Å². The highest BCUT2D eigenvalue weighted by Crippen LogP contribution is 2.54. The molecule has 0 amide bonds. The molecule has 0 aliphatic rings. The van der Waals surface area contributed by atoms with Crippen LogP contribution in [0.4, 0.5) is 5.69 Å². The third kappa shape index (κ3) is 5.23. The summed E-state index contributed by atoms with van der Waals surface area (Å²) in [5, 5.41) is 6.26. The molecule has 0 radical (unpaired) electrons. The monoisotopic (exact) mass is 527 g/mol. The molecule has 1 N–H and O–H groups in total. The molecule has 1 heterocycles. The van der Waals surface area contributed by atoms with Crippen LogP contribution < -0.4 is 26.6 Å². The van der Waals surface area contributed by atoms with Crippen LogP contribution in [0.5, 0.6) is 0 Å². The predicted molar refractivity (Wildman–Crippen MR) is 165 cm³/mol. The first-order chi connectivity index (χ1) is 18.9. The molecule has 38 heavy (non-hydrogen) atoms.